The summed E-state index contributed by atoms with van der Waals surface area (Å²) in [5.74, 6) is 2.07. The smallest absolute Gasteiger partial charge is 0.509 e. The third kappa shape index (κ3) is 6.18. The van der Waals surface area contributed by atoms with Gasteiger partial charge in [-0.05, 0) is 96.8 Å². The van der Waals surface area contributed by atoms with Gasteiger partial charge in [-0.15, -0.1) is 35.7 Å². The molecular weight excluding hydrogens is 697 g/mol. The SMILES string of the molecule is CCc1cc(N(C)C)cc(CC)c1-c1c(C)nn(-c2[c-]c(Oc3[c-]c4c(cc3)c3ccccc3n4-c3cc(C)ccn3)ccc2)c1CC.[Pd+2]. The molecule has 0 aliphatic carbocycles. The molecule has 0 fully saturated rings. The first kappa shape index (κ1) is 34.2. The summed E-state index contributed by atoms with van der Waals surface area (Å²) in [5, 5.41) is 7.35. The molecule has 7 heteroatoms. The molecule has 0 aliphatic rings. The quantitative estimate of drug-likeness (QED) is 0.109. The summed E-state index contributed by atoms with van der Waals surface area (Å²) >= 11 is 0. The van der Waals surface area contributed by atoms with Crippen LogP contribution in [0.15, 0.2) is 85.1 Å². The first-order valence-corrected chi connectivity index (χ1v) is 16.8. The first-order chi connectivity index (χ1) is 23.3. The Balaban J connectivity index is 0.00000417. The van der Waals surface area contributed by atoms with Gasteiger partial charge in [0.15, 0.2) is 0 Å². The molecule has 250 valence electrons. The van der Waals surface area contributed by atoms with Crippen molar-refractivity contribution < 1.29 is 25.2 Å². The minimum Gasteiger partial charge on any atom is -0.509 e. The molecule has 3 aromatic heterocycles. The predicted molar refractivity (Wildman–Crippen MR) is 197 cm³/mol. The van der Waals surface area contributed by atoms with Gasteiger partial charge in [-0.25, -0.2) is 4.98 Å². The van der Waals surface area contributed by atoms with Crippen molar-refractivity contribution in [3.8, 4) is 34.1 Å². The molecule has 0 radical (unpaired) electrons. The van der Waals surface area contributed by atoms with E-state index in [-0.39, 0.29) is 20.4 Å². The number of anilines is 1. The zero-order valence-corrected chi connectivity index (χ0v) is 30.7. The summed E-state index contributed by atoms with van der Waals surface area (Å²) in [5.41, 5.74) is 12.7. The van der Waals surface area contributed by atoms with E-state index in [9.17, 15) is 0 Å². The second-order valence-corrected chi connectivity index (χ2v) is 12.5. The largest absolute Gasteiger partial charge is 2.00 e. The first-order valence-electron chi connectivity index (χ1n) is 16.8. The topological polar surface area (TPSA) is 48.1 Å². The number of aryl methyl sites for hydroxylation is 4. The van der Waals surface area contributed by atoms with E-state index >= 15 is 0 Å². The summed E-state index contributed by atoms with van der Waals surface area (Å²) in [6, 6.07) is 34.3. The maximum atomic E-state index is 6.47. The number of fused-ring (bicyclic) bond motifs is 3. The Morgan fingerprint density at radius 3 is 2.18 bits per heavy atom. The van der Waals surface area contributed by atoms with Crippen LogP contribution in [-0.4, -0.2) is 33.4 Å². The third-order valence-corrected chi connectivity index (χ3v) is 9.19. The second-order valence-electron chi connectivity index (χ2n) is 12.5. The van der Waals surface area contributed by atoms with Gasteiger partial charge >= 0.3 is 20.4 Å². The standard InChI is InChI=1S/C42H41N5O.Pd/c1-8-29-23-32(45(6)7)24-30(9-2)42(29)41-28(5)44-47(37(41)10-3)31-14-13-15-33(25-31)48-34-18-19-36-35-16-11-12-17-38(35)46(39(36)26-34)40-22-27(4)20-21-43-40;/h11-24H,8-10H2,1-7H3;/q-2;+2. The third-order valence-electron chi connectivity index (χ3n) is 9.19. The van der Waals surface area contributed by atoms with Crippen LogP contribution >= 0.6 is 0 Å². The Bertz CT molecular complexity index is 2270. The molecule has 0 unspecified atom stereocenters. The summed E-state index contributed by atoms with van der Waals surface area (Å²) in [6.45, 7) is 10.9. The Morgan fingerprint density at radius 2 is 1.49 bits per heavy atom. The number of hydrogen-bond acceptors (Lipinski definition) is 4. The van der Waals surface area contributed by atoms with E-state index < -0.39 is 0 Å². The monoisotopic (exact) mass is 737 g/mol. The molecule has 0 N–H and O–H groups in total. The van der Waals surface area contributed by atoms with Gasteiger partial charge in [-0.3, -0.25) is 4.68 Å². The van der Waals surface area contributed by atoms with Crippen LogP contribution in [0, 0.1) is 26.0 Å². The zero-order valence-electron chi connectivity index (χ0n) is 29.2. The number of para-hydroxylation sites is 1. The maximum Gasteiger partial charge on any atom is 2.00 e. The summed E-state index contributed by atoms with van der Waals surface area (Å²) in [7, 11) is 4.22. The van der Waals surface area contributed by atoms with Crippen LogP contribution in [-0.2, 0) is 39.7 Å². The minimum absolute atomic E-state index is 0. The van der Waals surface area contributed by atoms with Gasteiger partial charge in [-0.1, -0.05) is 44.5 Å². The molecule has 0 atom stereocenters. The normalized spacial score (nSPS) is 11.2. The van der Waals surface area contributed by atoms with Crippen molar-refractivity contribution in [3.63, 3.8) is 0 Å². The number of pyridine rings is 1. The molecule has 0 aliphatic heterocycles. The number of ether oxygens (including phenoxy) is 1. The summed E-state index contributed by atoms with van der Waals surface area (Å²) < 4.78 is 10.7. The number of hydrogen-bond donors (Lipinski definition) is 0. The van der Waals surface area contributed by atoms with Gasteiger partial charge in [0.2, 0.25) is 0 Å². The van der Waals surface area contributed by atoms with E-state index in [4.69, 9.17) is 14.8 Å². The number of rotatable bonds is 9. The fraction of sp³-hybridized carbons (Fsp3) is 0.238. The number of aromatic nitrogens is 4. The van der Waals surface area contributed by atoms with Gasteiger partial charge in [0, 0.05) is 54.3 Å². The van der Waals surface area contributed by atoms with Gasteiger partial charge in [0.05, 0.1) is 5.69 Å². The second kappa shape index (κ2) is 14.0. The fourth-order valence-corrected chi connectivity index (χ4v) is 6.86. The Hall–Kier alpha value is -4.70. The molecular formula is C42H41N5OPd. The Kier molecular flexibility index (Phi) is 9.79. The van der Waals surface area contributed by atoms with Gasteiger partial charge in [-0.2, -0.15) is 17.2 Å². The van der Waals surface area contributed by atoms with Crippen molar-refractivity contribution in [2.75, 3.05) is 19.0 Å². The molecule has 0 amide bonds. The predicted octanol–water partition coefficient (Wildman–Crippen LogP) is 9.79. The molecule has 0 bridgehead atoms. The molecule has 4 aromatic carbocycles. The summed E-state index contributed by atoms with van der Waals surface area (Å²) in [4.78, 5) is 6.89. The van der Waals surface area contributed by atoms with E-state index in [0.29, 0.717) is 11.5 Å². The van der Waals surface area contributed by atoms with Crippen molar-refractivity contribution in [1.29, 1.82) is 0 Å². The van der Waals surface area contributed by atoms with E-state index in [0.717, 1.165) is 63.8 Å². The van der Waals surface area contributed by atoms with Crippen LogP contribution in [0.3, 0.4) is 0 Å². The minimum atomic E-state index is 0. The fourth-order valence-electron chi connectivity index (χ4n) is 6.86. The van der Waals surface area contributed by atoms with E-state index in [1.54, 1.807) is 0 Å². The molecule has 49 heavy (non-hydrogen) atoms. The number of nitrogens with zero attached hydrogens (tertiary/aromatic N) is 5. The van der Waals surface area contributed by atoms with Crippen LogP contribution in [0.4, 0.5) is 5.69 Å². The molecule has 0 spiro atoms. The van der Waals surface area contributed by atoms with Crippen molar-refractivity contribution >= 4 is 27.5 Å². The van der Waals surface area contributed by atoms with E-state index in [1.807, 2.05) is 41.2 Å². The van der Waals surface area contributed by atoms with Crippen LogP contribution in [0.5, 0.6) is 11.5 Å². The van der Waals surface area contributed by atoms with E-state index in [2.05, 4.69) is 119 Å². The van der Waals surface area contributed by atoms with Crippen LogP contribution < -0.4 is 9.64 Å². The zero-order chi connectivity index (χ0) is 33.5. The molecule has 6 nitrogen and oxygen atoms in total. The van der Waals surface area contributed by atoms with Crippen molar-refractivity contribution in [2.24, 2.45) is 0 Å². The number of benzene rings is 4. The molecule has 7 rings (SSSR count). The van der Waals surface area contributed by atoms with Crippen molar-refractivity contribution in [2.45, 2.75) is 53.9 Å². The Morgan fingerprint density at radius 1 is 0.755 bits per heavy atom. The van der Waals surface area contributed by atoms with Gasteiger partial charge in [0.1, 0.15) is 5.82 Å². The van der Waals surface area contributed by atoms with Crippen LogP contribution in [0.25, 0.3) is 44.4 Å². The molecule has 3 heterocycles. The van der Waals surface area contributed by atoms with Gasteiger partial charge < -0.3 is 14.2 Å². The van der Waals surface area contributed by atoms with E-state index in [1.165, 1.54) is 33.6 Å². The van der Waals surface area contributed by atoms with Crippen LogP contribution in [0.1, 0.15) is 48.8 Å². The average Bonchev–Trinajstić information content (AvgIpc) is 3.61. The maximum absolute atomic E-state index is 6.47. The molecule has 0 saturated heterocycles. The van der Waals surface area contributed by atoms with Crippen molar-refractivity contribution in [1.82, 2.24) is 19.3 Å². The van der Waals surface area contributed by atoms with Crippen molar-refractivity contribution in [3.05, 3.63) is 125 Å². The molecule has 0 saturated carbocycles. The average molecular weight is 738 g/mol. The van der Waals surface area contributed by atoms with Gasteiger partial charge in [0.25, 0.3) is 0 Å². The Labute approximate surface area is 303 Å². The molecule has 7 aromatic rings. The van der Waals surface area contributed by atoms with Crippen LogP contribution in [0.2, 0.25) is 0 Å². The summed E-state index contributed by atoms with van der Waals surface area (Å²) in [6.07, 6.45) is 4.59.